The van der Waals surface area contributed by atoms with Crippen molar-refractivity contribution >= 4 is 5.96 Å². The van der Waals surface area contributed by atoms with E-state index in [0.29, 0.717) is 12.0 Å². The zero-order valence-electron chi connectivity index (χ0n) is 11.6. The van der Waals surface area contributed by atoms with Gasteiger partial charge < -0.3 is 15.4 Å². The summed E-state index contributed by atoms with van der Waals surface area (Å²) in [4.78, 5) is 6.99. The summed E-state index contributed by atoms with van der Waals surface area (Å²) in [6.45, 7) is 2.91. The van der Waals surface area contributed by atoms with Gasteiger partial charge in [0.2, 0.25) is 0 Å². The van der Waals surface area contributed by atoms with Crippen LogP contribution in [0, 0.1) is 5.92 Å². The smallest absolute Gasteiger partial charge is 0.191 e. The highest BCUT2D eigenvalue weighted by molar-refractivity contribution is 5.78. The molecule has 2 N–H and O–H groups in total. The molecular weight excluding hydrogens is 226 g/mol. The molecule has 0 aromatic rings. The maximum absolute atomic E-state index is 6.17. The predicted octanol–water partition coefficient (Wildman–Crippen LogP) is 1.99. The number of guanidine groups is 1. The fraction of sp³-hybridized carbons (Fsp3) is 0.929. The molecule has 1 heterocycles. The van der Waals surface area contributed by atoms with E-state index in [1.54, 1.807) is 7.11 Å². The average Bonchev–Trinajstić information content (AvgIpc) is 2.40. The number of nitrogens with zero attached hydrogens (tertiary/aromatic N) is 2. The number of nitrogens with two attached hydrogens (primary N) is 1. The van der Waals surface area contributed by atoms with Gasteiger partial charge in [0.05, 0.1) is 12.6 Å². The summed E-state index contributed by atoms with van der Waals surface area (Å²) in [6, 6.07) is 0.474. The van der Waals surface area contributed by atoms with E-state index in [-0.39, 0.29) is 0 Å². The summed E-state index contributed by atoms with van der Waals surface area (Å²) in [5.41, 5.74) is 6.17. The molecular formula is C14H27N3O. The van der Waals surface area contributed by atoms with E-state index in [2.05, 4.69) is 4.90 Å². The summed E-state index contributed by atoms with van der Waals surface area (Å²) in [5.74, 6) is 1.38. The molecule has 0 aromatic heterocycles. The lowest BCUT2D eigenvalue weighted by Crippen LogP contribution is -2.45. The Morgan fingerprint density at radius 1 is 1.22 bits per heavy atom. The van der Waals surface area contributed by atoms with Gasteiger partial charge in [-0.15, -0.1) is 0 Å². The summed E-state index contributed by atoms with van der Waals surface area (Å²) < 4.78 is 5.25. The van der Waals surface area contributed by atoms with Crippen molar-refractivity contribution in [3.63, 3.8) is 0 Å². The molecule has 1 atom stereocenters. The van der Waals surface area contributed by atoms with E-state index in [1.807, 2.05) is 0 Å². The van der Waals surface area contributed by atoms with Crippen molar-refractivity contribution in [1.82, 2.24) is 4.90 Å². The van der Waals surface area contributed by atoms with Gasteiger partial charge in [-0.2, -0.15) is 0 Å². The van der Waals surface area contributed by atoms with Gasteiger partial charge in [0, 0.05) is 20.2 Å². The minimum atomic E-state index is 0.474. The molecule has 1 saturated heterocycles. The lowest BCUT2D eigenvalue weighted by Gasteiger charge is -2.33. The van der Waals surface area contributed by atoms with E-state index in [1.165, 1.54) is 44.9 Å². The van der Waals surface area contributed by atoms with Crippen molar-refractivity contribution in [2.24, 2.45) is 16.6 Å². The molecule has 0 spiro atoms. The van der Waals surface area contributed by atoms with Crippen LogP contribution in [0.2, 0.25) is 0 Å². The lowest BCUT2D eigenvalue weighted by atomic mass is 9.96. The van der Waals surface area contributed by atoms with Gasteiger partial charge in [0.15, 0.2) is 5.96 Å². The molecule has 2 fully saturated rings. The van der Waals surface area contributed by atoms with Crippen LogP contribution in [0.1, 0.15) is 44.9 Å². The molecule has 0 radical (unpaired) electrons. The zero-order valence-corrected chi connectivity index (χ0v) is 11.6. The molecule has 0 aromatic carbocycles. The molecule has 18 heavy (non-hydrogen) atoms. The Bertz CT molecular complexity index is 272. The number of likely N-dealkylation sites (tertiary alicyclic amines) is 1. The van der Waals surface area contributed by atoms with Crippen molar-refractivity contribution in [2.45, 2.75) is 51.0 Å². The van der Waals surface area contributed by atoms with Gasteiger partial charge in [0.25, 0.3) is 0 Å². The van der Waals surface area contributed by atoms with Gasteiger partial charge in [-0.25, -0.2) is 4.99 Å². The highest BCUT2D eigenvalue weighted by Gasteiger charge is 2.22. The van der Waals surface area contributed by atoms with Crippen molar-refractivity contribution in [1.29, 1.82) is 0 Å². The van der Waals surface area contributed by atoms with Crippen LogP contribution in [-0.4, -0.2) is 43.7 Å². The second kappa shape index (κ2) is 6.98. The second-order valence-corrected chi connectivity index (χ2v) is 5.69. The van der Waals surface area contributed by atoms with E-state index < -0.39 is 0 Å². The highest BCUT2D eigenvalue weighted by atomic mass is 16.5. The van der Waals surface area contributed by atoms with Crippen LogP contribution < -0.4 is 5.73 Å². The number of aliphatic imine (C=N–C) groups is 1. The van der Waals surface area contributed by atoms with Crippen LogP contribution in [0.3, 0.4) is 0 Å². The van der Waals surface area contributed by atoms with Gasteiger partial charge in [-0.3, -0.25) is 0 Å². The summed E-state index contributed by atoms with van der Waals surface area (Å²) in [5, 5.41) is 0. The van der Waals surface area contributed by atoms with Gasteiger partial charge in [-0.05, 0) is 31.6 Å². The molecule has 1 aliphatic heterocycles. The Hall–Kier alpha value is -0.770. The van der Waals surface area contributed by atoms with E-state index in [0.717, 1.165) is 25.7 Å². The largest absolute Gasteiger partial charge is 0.384 e. The van der Waals surface area contributed by atoms with Gasteiger partial charge in [-0.1, -0.05) is 19.3 Å². The minimum Gasteiger partial charge on any atom is -0.384 e. The SMILES string of the molecule is COCC1CCCN(C(N)=NC2CCCCC2)C1. The van der Waals surface area contributed by atoms with Gasteiger partial charge >= 0.3 is 0 Å². The minimum absolute atomic E-state index is 0.474. The third-order valence-corrected chi connectivity index (χ3v) is 4.13. The fourth-order valence-corrected chi connectivity index (χ4v) is 3.12. The summed E-state index contributed by atoms with van der Waals surface area (Å²) in [7, 11) is 1.78. The number of piperidine rings is 1. The molecule has 1 unspecified atom stereocenters. The van der Waals surface area contributed by atoms with E-state index in [9.17, 15) is 0 Å². The van der Waals surface area contributed by atoms with E-state index >= 15 is 0 Å². The average molecular weight is 253 g/mol. The molecule has 1 aliphatic carbocycles. The number of methoxy groups -OCH3 is 1. The summed E-state index contributed by atoms with van der Waals surface area (Å²) in [6.07, 6.45) is 8.88. The molecule has 4 heteroatoms. The Morgan fingerprint density at radius 3 is 2.72 bits per heavy atom. The van der Waals surface area contributed by atoms with Gasteiger partial charge in [0.1, 0.15) is 0 Å². The van der Waals surface area contributed by atoms with Crippen molar-refractivity contribution in [3.8, 4) is 0 Å². The molecule has 0 amide bonds. The Labute approximate surface area is 111 Å². The molecule has 2 aliphatic rings. The number of ether oxygens (including phenoxy) is 1. The zero-order chi connectivity index (χ0) is 12.8. The quantitative estimate of drug-likeness (QED) is 0.618. The lowest BCUT2D eigenvalue weighted by molar-refractivity contribution is 0.115. The van der Waals surface area contributed by atoms with Crippen molar-refractivity contribution in [2.75, 3.05) is 26.8 Å². The monoisotopic (exact) mass is 253 g/mol. The van der Waals surface area contributed by atoms with Crippen molar-refractivity contribution < 1.29 is 4.74 Å². The van der Waals surface area contributed by atoms with Crippen LogP contribution in [0.5, 0.6) is 0 Å². The maximum atomic E-state index is 6.17. The fourth-order valence-electron chi connectivity index (χ4n) is 3.12. The number of hydrogen-bond donors (Lipinski definition) is 1. The Kier molecular flexibility index (Phi) is 5.29. The van der Waals surface area contributed by atoms with Crippen LogP contribution >= 0.6 is 0 Å². The molecule has 0 bridgehead atoms. The first-order chi connectivity index (χ1) is 8.79. The first kappa shape index (κ1) is 13.7. The number of hydrogen-bond acceptors (Lipinski definition) is 2. The molecule has 104 valence electrons. The van der Waals surface area contributed by atoms with Crippen molar-refractivity contribution in [3.05, 3.63) is 0 Å². The normalized spacial score (nSPS) is 27.5. The summed E-state index contributed by atoms with van der Waals surface area (Å²) >= 11 is 0. The first-order valence-electron chi connectivity index (χ1n) is 7.36. The van der Waals surface area contributed by atoms with Crippen LogP contribution in [0.25, 0.3) is 0 Å². The molecule has 2 rings (SSSR count). The standard InChI is InChI=1S/C14H27N3O/c1-18-11-12-6-5-9-17(10-12)14(15)16-13-7-3-2-4-8-13/h12-13H,2-11H2,1H3,(H2,15,16). The van der Waals surface area contributed by atoms with Crippen LogP contribution in [-0.2, 0) is 4.74 Å². The van der Waals surface area contributed by atoms with Crippen LogP contribution in [0.4, 0.5) is 0 Å². The van der Waals surface area contributed by atoms with E-state index in [4.69, 9.17) is 15.5 Å². The third-order valence-electron chi connectivity index (χ3n) is 4.13. The predicted molar refractivity (Wildman–Crippen MR) is 74.7 cm³/mol. The number of rotatable bonds is 3. The highest BCUT2D eigenvalue weighted by Crippen LogP contribution is 2.21. The first-order valence-corrected chi connectivity index (χ1v) is 7.36. The third kappa shape index (κ3) is 3.87. The Balaban J connectivity index is 1.86. The topological polar surface area (TPSA) is 50.9 Å². The van der Waals surface area contributed by atoms with Crippen LogP contribution in [0.15, 0.2) is 4.99 Å². The molecule has 1 saturated carbocycles. The molecule has 4 nitrogen and oxygen atoms in total. The second-order valence-electron chi connectivity index (χ2n) is 5.69. The Morgan fingerprint density at radius 2 is 2.00 bits per heavy atom. The maximum Gasteiger partial charge on any atom is 0.191 e.